The SMILES string of the molecule is CC(C)n1nccc1NC(=O)COC(=O)Cc1ccc(-c2ccccc2)cc1. The normalized spacial score (nSPS) is 10.7. The van der Waals surface area contributed by atoms with Crippen LogP contribution in [0.2, 0.25) is 0 Å². The number of carbonyl (C=O) groups excluding carboxylic acids is 2. The van der Waals surface area contributed by atoms with Gasteiger partial charge in [-0.15, -0.1) is 0 Å². The van der Waals surface area contributed by atoms with Gasteiger partial charge < -0.3 is 10.1 Å². The van der Waals surface area contributed by atoms with Crippen molar-refractivity contribution in [2.45, 2.75) is 26.3 Å². The fourth-order valence-electron chi connectivity index (χ4n) is 2.81. The van der Waals surface area contributed by atoms with E-state index in [2.05, 4.69) is 10.4 Å². The molecule has 6 heteroatoms. The van der Waals surface area contributed by atoms with Crippen LogP contribution in [0.3, 0.4) is 0 Å². The first kappa shape index (κ1) is 19.4. The van der Waals surface area contributed by atoms with Crippen molar-refractivity contribution in [3.05, 3.63) is 72.4 Å². The molecular weight excluding hydrogens is 354 g/mol. The third kappa shape index (κ3) is 5.07. The first-order chi connectivity index (χ1) is 13.5. The van der Waals surface area contributed by atoms with Crippen molar-refractivity contribution < 1.29 is 14.3 Å². The van der Waals surface area contributed by atoms with Gasteiger partial charge in [-0.3, -0.25) is 9.59 Å². The van der Waals surface area contributed by atoms with E-state index in [0.29, 0.717) is 5.82 Å². The Morgan fingerprint density at radius 1 is 1.00 bits per heavy atom. The molecule has 0 spiro atoms. The van der Waals surface area contributed by atoms with Gasteiger partial charge in [-0.1, -0.05) is 54.6 Å². The second-order valence-electron chi connectivity index (χ2n) is 6.70. The summed E-state index contributed by atoms with van der Waals surface area (Å²) in [6.45, 7) is 3.60. The van der Waals surface area contributed by atoms with Crippen LogP contribution < -0.4 is 5.32 Å². The van der Waals surface area contributed by atoms with Crippen molar-refractivity contribution in [2.75, 3.05) is 11.9 Å². The van der Waals surface area contributed by atoms with Crippen LogP contribution in [-0.4, -0.2) is 28.3 Å². The predicted molar refractivity (Wildman–Crippen MR) is 108 cm³/mol. The third-order valence-corrected chi connectivity index (χ3v) is 4.20. The molecule has 0 saturated heterocycles. The third-order valence-electron chi connectivity index (χ3n) is 4.20. The summed E-state index contributed by atoms with van der Waals surface area (Å²) in [6, 6.07) is 19.6. The van der Waals surface area contributed by atoms with E-state index in [4.69, 9.17) is 4.74 Å². The fourth-order valence-corrected chi connectivity index (χ4v) is 2.81. The molecule has 3 aromatic rings. The van der Waals surface area contributed by atoms with Crippen LogP contribution in [0.25, 0.3) is 11.1 Å². The number of esters is 1. The largest absolute Gasteiger partial charge is 0.455 e. The Morgan fingerprint density at radius 3 is 2.36 bits per heavy atom. The van der Waals surface area contributed by atoms with E-state index in [1.165, 1.54) is 0 Å². The number of rotatable bonds is 7. The molecule has 1 aromatic heterocycles. The van der Waals surface area contributed by atoms with E-state index in [9.17, 15) is 9.59 Å². The number of aromatic nitrogens is 2. The summed E-state index contributed by atoms with van der Waals surface area (Å²) in [5, 5.41) is 6.84. The van der Waals surface area contributed by atoms with Crippen molar-refractivity contribution in [3.63, 3.8) is 0 Å². The predicted octanol–water partition coefficient (Wildman–Crippen LogP) is 3.86. The van der Waals surface area contributed by atoms with Crippen LogP contribution >= 0.6 is 0 Å². The number of hydrogen-bond acceptors (Lipinski definition) is 4. The maximum atomic E-state index is 12.0. The number of anilines is 1. The standard InChI is InChI=1S/C22H23N3O3/c1-16(2)25-20(12-13-23-25)24-21(26)15-28-22(27)14-17-8-10-19(11-9-17)18-6-4-3-5-7-18/h3-13,16H,14-15H2,1-2H3,(H,24,26). The molecule has 3 rings (SSSR count). The number of nitrogens with one attached hydrogen (secondary N) is 1. The molecule has 0 fully saturated rings. The van der Waals surface area contributed by atoms with Gasteiger partial charge in [0.05, 0.1) is 12.6 Å². The van der Waals surface area contributed by atoms with Crippen molar-refractivity contribution in [3.8, 4) is 11.1 Å². The Morgan fingerprint density at radius 2 is 1.68 bits per heavy atom. The Hall–Kier alpha value is -3.41. The molecule has 1 heterocycles. The van der Waals surface area contributed by atoms with Gasteiger partial charge in [0.1, 0.15) is 5.82 Å². The molecule has 1 amide bonds. The average Bonchev–Trinajstić information content (AvgIpc) is 3.16. The van der Waals surface area contributed by atoms with Gasteiger partial charge in [0.25, 0.3) is 5.91 Å². The fraction of sp³-hybridized carbons (Fsp3) is 0.227. The van der Waals surface area contributed by atoms with Gasteiger partial charge in [-0.05, 0) is 30.5 Å². The summed E-state index contributed by atoms with van der Waals surface area (Å²) in [4.78, 5) is 24.0. The molecule has 0 aliphatic heterocycles. The molecule has 0 radical (unpaired) electrons. The summed E-state index contributed by atoms with van der Waals surface area (Å²) in [5.74, 6) is -0.261. The van der Waals surface area contributed by atoms with Gasteiger partial charge in [-0.2, -0.15) is 5.10 Å². The van der Waals surface area contributed by atoms with Crippen LogP contribution in [-0.2, 0) is 20.7 Å². The molecule has 0 aliphatic rings. The lowest BCUT2D eigenvalue weighted by atomic mass is 10.0. The van der Waals surface area contributed by atoms with Crippen molar-refractivity contribution in [2.24, 2.45) is 0 Å². The van der Waals surface area contributed by atoms with Crippen LogP contribution in [0.5, 0.6) is 0 Å². The molecule has 0 atom stereocenters. The highest BCUT2D eigenvalue weighted by Crippen LogP contribution is 2.19. The zero-order chi connectivity index (χ0) is 19.9. The Kier molecular flexibility index (Phi) is 6.22. The van der Waals surface area contributed by atoms with E-state index >= 15 is 0 Å². The second-order valence-corrected chi connectivity index (χ2v) is 6.70. The number of benzene rings is 2. The van der Waals surface area contributed by atoms with Gasteiger partial charge in [0.2, 0.25) is 0 Å². The summed E-state index contributed by atoms with van der Waals surface area (Å²) >= 11 is 0. The molecule has 2 aromatic carbocycles. The van der Waals surface area contributed by atoms with E-state index in [1.807, 2.05) is 68.4 Å². The van der Waals surface area contributed by atoms with Crippen molar-refractivity contribution in [1.29, 1.82) is 0 Å². The van der Waals surface area contributed by atoms with Gasteiger partial charge in [0.15, 0.2) is 6.61 Å². The maximum absolute atomic E-state index is 12.0. The topological polar surface area (TPSA) is 73.2 Å². The van der Waals surface area contributed by atoms with Gasteiger partial charge in [-0.25, -0.2) is 4.68 Å². The zero-order valence-electron chi connectivity index (χ0n) is 16.0. The van der Waals surface area contributed by atoms with Crippen LogP contribution in [0, 0.1) is 0 Å². The lowest BCUT2D eigenvalue weighted by molar-refractivity contribution is -0.146. The molecule has 28 heavy (non-hydrogen) atoms. The van der Waals surface area contributed by atoms with E-state index in [-0.39, 0.29) is 19.1 Å². The summed E-state index contributed by atoms with van der Waals surface area (Å²) in [7, 11) is 0. The number of carbonyl (C=O) groups is 2. The highest BCUT2D eigenvalue weighted by Gasteiger charge is 2.12. The minimum Gasteiger partial charge on any atom is -0.455 e. The quantitative estimate of drug-likeness (QED) is 0.635. The number of amides is 1. The number of nitrogens with zero attached hydrogens (tertiary/aromatic N) is 2. The molecule has 0 saturated carbocycles. The molecule has 144 valence electrons. The van der Waals surface area contributed by atoms with E-state index in [0.717, 1.165) is 16.7 Å². The Bertz CT molecular complexity index is 931. The summed E-state index contributed by atoms with van der Waals surface area (Å²) in [6.07, 6.45) is 1.73. The molecule has 0 aliphatic carbocycles. The van der Waals surface area contributed by atoms with Crippen LogP contribution in [0.4, 0.5) is 5.82 Å². The first-order valence-corrected chi connectivity index (χ1v) is 9.16. The van der Waals surface area contributed by atoms with E-state index < -0.39 is 11.9 Å². The van der Waals surface area contributed by atoms with Crippen LogP contribution in [0.15, 0.2) is 66.9 Å². The summed E-state index contributed by atoms with van der Waals surface area (Å²) < 4.78 is 6.78. The second kappa shape index (κ2) is 8.99. The lowest BCUT2D eigenvalue weighted by Crippen LogP contribution is -2.23. The zero-order valence-corrected chi connectivity index (χ0v) is 16.0. The number of ether oxygens (including phenoxy) is 1. The highest BCUT2D eigenvalue weighted by molar-refractivity contribution is 5.92. The molecule has 6 nitrogen and oxygen atoms in total. The summed E-state index contributed by atoms with van der Waals surface area (Å²) in [5.41, 5.74) is 3.04. The lowest BCUT2D eigenvalue weighted by Gasteiger charge is -2.12. The van der Waals surface area contributed by atoms with Crippen molar-refractivity contribution >= 4 is 17.7 Å². The highest BCUT2D eigenvalue weighted by atomic mass is 16.5. The minimum absolute atomic E-state index is 0.117. The molecule has 0 unspecified atom stereocenters. The Labute approximate surface area is 164 Å². The average molecular weight is 377 g/mol. The van der Waals surface area contributed by atoms with Crippen LogP contribution in [0.1, 0.15) is 25.5 Å². The monoisotopic (exact) mass is 377 g/mol. The van der Waals surface area contributed by atoms with Gasteiger partial charge in [0, 0.05) is 12.1 Å². The van der Waals surface area contributed by atoms with E-state index in [1.54, 1.807) is 16.9 Å². The smallest absolute Gasteiger partial charge is 0.310 e. The molecule has 0 bridgehead atoms. The molecular formula is C22H23N3O3. The minimum atomic E-state index is -0.444. The van der Waals surface area contributed by atoms with Crippen molar-refractivity contribution in [1.82, 2.24) is 9.78 Å². The molecule has 1 N–H and O–H groups in total. The maximum Gasteiger partial charge on any atom is 0.310 e. The number of hydrogen-bond donors (Lipinski definition) is 1. The van der Waals surface area contributed by atoms with Gasteiger partial charge >= 0.3 is 5.97 Å². The Balaban J connectivity index is 1.49. The first-order valence-electron chi connectivity index (χ1n) is 9.16.